The van der Waals surface area contributed by atoms with Gasteiger partial charge in [-0.1, -0.05) is 6.08 Å². The van der Waals surface area contributed by atoms with Crippen molar-refractivity contribution in [2.45, 2.75) is 6.42 Å². The van der Waals surface area contributed by atoms with E-state index in [2.05, 4.69) is 0 Å². The van der Waals surface area contributed by atoms with Crippen LogP contribution >= 0.6 is 0 Å². The quantitative estimate of drug-likeness (QED) is 0.552. The molecule has 0 aromatic heterocycles. The third-order valence-electron chi connectivity index (χ3n) is 2.04. The number of carbonyl (C=O) groups excluding carboxylic acids is 1. The average molecular weight is 180 g/mol. The van der Waals surface area contributed by atoms with Gasteiger partial charge in [-0.05, 0) is 0 Å². The average Bonchev–Trinajstić information content (AvgIpc) is 2.08. The van der Waals surface area contributed by atoms with Gasteiger partial charge < -0.3 is 14.9 Å². The van der Waals surface area contributed by atoms with Crippen LogP contribution in [0.5, 0.6) is 0 Å². The fourth-order valence-corrected chi connectivity index (χ4v) is 1.35. The predicted molar refractivity (Wildman–Crippen MR) is 43.7 cm³/mol. The lowest BCUT2D eigenvalue weighted by atomic mass is 9.94. The highest BCUT2D eigenvalue weighted by atomic mass is 16.5. The third kappa shape index (κ3) is 1.30. The topological polar surface area (TPSA) is 66.8 Å². The van der Waals surface area contributed by atoms with Gasteiger partial charge in [-0.2, -0.15) is 0 Å². The van der Waals surface area contributed by atoms with E-state index in [4.69, 9.17) is 9.84 Å². The molecule has 0 bridgehead atoms. The molecule has 1 atom stereocenters. The molecular weight excluding hydrogens is 172 g/mol. The van der Waals surface area contributed by atoms with Crippen molar-refractivity contribution < 1.29 is 19.7 Å². The molecule has 0 amide bonds. The molecule has 1 aliphatic carbocycles. The number of hydrogen-bond donors (Lipinski definition) is 2. The molecule has 1 unspecified atom stereocenters. The van der Waals surface area contributed by atoms with Crippen molar-refractivity contribution in [3.05, 3.63) is 35.5 Å². The van der Waals surface area contributed by atoms with Crippen LogP contribution in [0.4, 0.5) is 0 Å². The number of aliphatic hydroxyl groups is 2. The summed E-state index contributed by atoms with van der Waals surface area (Å²) in [6.45, 7) is 0. The van der Waals surface area contributed by atoms with Crippen molar-refractivity contribution in [2.75, 3.05) is 0 Å². The van der Waals surface area contributed by atoms with Crippen LogP contribution in [-0.2, 0) is 9.53 Å². The zero-order chi connectivity index (χ0) is 9.42. The number of rotatable bonds is 0. The summed E-state index contributed by atoms with van der Waals surface area (Å²) in [6.07, 6.45) is 4.52. The molecule has 1 aliphatic heterocycles. The maximum absolute atomic E-state index is 10.8. The summed E-state index contributed by atoms with van der Waals surface area (Å²) in [5, 5.41) is 18.3. The van der Waals surface area contributed by atoms with Gasteiger partial charge in [0.1, 0.15) is 11.5 Å². The van der Waals surface area contributed by atoms with Crippen LogP contribution in [-0.4, -0.2) is 16.2 Å². The fraction of sp³-hybridized carbons (Fsp3) is 0.222. The third-order valence-corrected chi connectivity index (χ3v) is 2.04. The Hall–Kier alpha value is -1.71. The van der Waals surface area contributed by atoms with E-state index >= 15 is 0 Å². The van der Waals surface area contributed by atoms with Crippen molar-refractivity contribution in [3.8, 4) is 0 Å². The first-order chi connectivity index (χ1) is 6.16. The first-order valence-electron chi connectivity index (χ1n) is 3.89. The highest BCUT2D eigenvalue weighted by Crippen LogP contribution is 2.31. The van der Waals surface area contributed by atoms with Gasteiger partial charge in [-0.3, -0.25) is 0 Å². The molecule has 0 aromatic rings. The molecule has 68 valence electrons. The predicted octanol–water partition coefficient (Wildman–Crippen LogP) is 1.33. The van der Waals surface area contributed by atoms with Crippen molar-refractivity contribution in [3.63, 3.8) is 0 Å². The van der Waals surface area contributed by atoms with E-state index in [1.54, 1.807) is 6.08 Å². The second kappa shape index (κ2) is 2.65. The van der Waals surface area contributed by atoms with E-state index in [1.807, 2.05) is 0 Å². The molecule has 0 fully saturated rings. The largest absolute Gasteiger partial charge is 0.508 e. The molecule has 13 heavy (non-hydrogen) atoms. The summed E-state index contributed by atoms with van der Waals surface area (Å²) in [5.41, 5.74) is 0. The van der Waals surface area contributed by atoms with Gasteiger partial charge in [-0.15, -0.1) is 0 Å². The fourth-order valence-electron chi connectivity index (χ4n) is 1.35. The highest BCUT2D eigenvalue weighted by Gasteiger charge is 2.26. The van der Waals surface area contributed by atoms with E-state index in [1.165, 1.54) is 12.2 Å². The number of hydrogen-bond acceptors (Lipinski definition) is 4. The molecule has 2 aliphatic rings. The van der Waals surface area contributed by atoms with Crippen LogP contribution in [0, 0.1) is 5.92 Å². The lowest BCUT2D eigenvalue weighted by molar-refractivity contribution is -0.135. The Morgan fingerprint density at radius 1 is 1.46 bits per heavy atom. The number of allylic oxidation sites excluding steroid dienone is 3. The Morgan fingerprint density at radius 3 is 3.00 bits per heavy atom. The first-order valence-corrected chi connectivity index (χ1v) is 3.89. The number of carbonyl (C=O) groups is 1. The van der Waals surface area contributed by atoms with Crippen LogP contribution in [0.2, 0.25) is 0 Å². The minimum absolute atomic E-state index is 0.0728. The lowest BCUT2D eigenvalue weighted by Crippen LogP contribution is -2.18. The van der Waals surface area contributed by atoms with Gasteiger partial charge >= 0.3 is 5.97 Å². The van der Waals surface area contributed by atoms with Gasteiger partial charge in [-0.25, -0.2) is 4.79 Å². The summed E-state index contributed by atoms with van der Waals surface area (Å²) in [7, 11) is 0. The van der Waals surface area contributed by atoms with E-state index in [0.717, 1.165) is 0 Å². The van der Waals surface area contributed by atoms with Gasteiger partial charge in [0, 0.05) is 24.5 Å². The van der Waals surface area contributed by atoms with Crippen LogP contribution in [0.25, 0.3) is 0 Å². The number of aliphatic hydroxyl groups excluding tert-OH is 2. The summed E-state index contributed by atoms with van der Waals surface area (Å²) in [4.78, 5) is 10.8. The highest BCUT2D eigenvalue weighted by molar-refractivity contribution is 5.84. The van der Waals surface area contributed by atoms with Crippen LogP contribution in [0.1, 0.15) is 6.42 Å². The lowest BCUT2D eigenvalue weighted by Gasteiger charge is -2.22. The summed E-state index contributed by atoms with van der Waals surface area (Å²) in [6, 6.07) is 0. The maximum Gasteiger partial charge on any atom is 0.335 e. The molecule has 0 radical (unpaired) electrons. The Labute approximate surface area is 74.4 Å². The molecule has 1 heterocycles. The molecule has 4 nitrogen and oxygen atoms in total. The molecule has 0 aromatic carbocycles. The molecule has 0 spiro atoms. The van der Waals surface area contributed by atoms with E-state index in [0.29, 0.717) is 5.76 Å². The van der Waals surface area contributed by atoms with Crippen molar-refractivity contribution in [1.29, 1.82) is 0 Å². The molecule has 0 saturated heterocycles. The van der Waals surface area contributed by atoms with Gasteiger partial charge in [0.05, 0.1) is 0 Å². The molecule has 4 heteroatoms. The van der Waals surface area contributed by atoms with Crippen molar-refractivity contribution in [2.24, 2.45) is 5.92 Å². The molecule has 2 rings (SSSR count). The molecule has 0 saturated carbocycles. The van der Waals surface area contributed by atoms with Crippen molar-refractivity contribution >= 4 is 5.97 Å². The Morgan fingerprint density at radius 2 is 2.23 bits per heavy atom. The number of fused-ring (bicyclic) bond motifs is 1. The Balaban J connectivity index is 2.35. The second-order valence-electron chi connectivity index (χ2n) is 2.97. The Kier molecular flexibility index (Phi) is 1.62. The molecular formula is C9H8O4. The number of ether oxygens (including phenoxy) is 1. The summed E-state index contributed by atoms with van der Waals surface area (Å²) < 4.78 is 4.84. The first kappa shape index (κ1) is 7.91. The maximum atomic E-state index is 10.8. The van der Waals surface area contributed by atoms with Crippen LogP contribution in [0.3, 0.4) is 0 Å². The smallest absolute Gasteiger partial charge is 0.335 e. The van der Waals surface area contributed by atoms with Crippen LogP contribution in [0.15, 0.2) is 35.5 Å². The molecule has 2 N–H and O–H groups in total. The second-order valence-corrected chi connectivity index (χ2v) is 2.97. The van der Waals surface area contributed by atoms with Crippen LogP contribution < -0.4 is 0 Å². The minimum atomic E-state index is -0.448. The van der Waals surface area contributed by atoms with Gasteiger partial charge in [0.25, 0.3) is 0 Å². The monoisotopic (exact) mass is 180 g/mol. The zero-order valence-electron chi connectivity index (χ0n) is 6.73. The van der Waals surface area contributed by atoms with E-state index in [9.17, 15) is 9.90 Å². The SMILES string of the molecule is O=C1C=CC2CC(O)=C(O)C=C2O1. The standard InChI is InChI=1S/C9H8O4/c10-6-3-5-1-2-9(12)13-8(5)4-7(6)11/h1-2,4-5,10-11H,3H2. The summed E-state index contributed by atoms with van der Waals surface area (Å²) in [5.74, 6) is -0.487. The minimum Gasteiger partial charge on any atom is -0.508 e. The van der Waals surface area contributed by atoms with Gasteiger partial charge in [0.2, 0.25) is 0 Å². The normalized spacial score (nSPS) is 26.6. The summed E-state index contributed by atoms with van der Waals surface area (Å²) >= 11 is 0. The zero-order valence-corrected chi connectivity index (χ0v) is 6.73. The number of esters is 1. The van der Waals surface area contributed by atoms with E-state index < -0.39 is 5.97 Å². The van der Waals surface area contributed by atoms with E-state index in [-0.39, 0.29) is 23.9 Å². The van der Waals surface area contributed by atoms with Gasteiger partial charge in [0.15, 0.2) is 5.76 Å². The Bertz CT molecular complexity index is 349. The van der Waals surface area contributed by atoms with Crippen molar-refractivity contribution in [1.82, 2.24) is 0 Å².